The lowest BCUT2D eigenvalue weighted by Gasteiger charge is -2.15. The maximum absolute atomic E-state index is 12.1. The van der Waals surface area contributed by atoms with Gasteiger partial charge in [-0.05, 0) is 17.5 Å². The number of nitrogens with two attached hydrogens (primary N) is 1. The largest absolute Gasteiger partial charge is 0.392 e. The summed E-state index contributed by atoms with van der Waals surface area (Å²) in [7, 11) is -3.34. The lowest BCUT2D eigenvalue weighted by Crippen LogP contribution is -2.30. The van der Waals surface area contributed by atoms with E-state index in [-0.39, 0.29) is 12.3 Å². The fourth-order valence-electron chi connectivity index (χ4n) is 2.11. The third-order valence-electron chi connectivity index (χ3n) is 3.10. The molecule has 1 unspecified atom stereocenters. The van der Waals surface area contributed by atoms with Gasteiger partial charge in [-0.1, -0.05) is 24.3 Å². The zero-order valence-corrected chi connectivity index (χ0v) is 10.9. The van der Waals surface area contributed by atoms with Gasteiger partial charge < -0.3 is 10.8 Å². The molecule has 0 aliphatic carbocycles. The van der Waals surface area contributed by atoms with E-state index in [9.17, 15) is 13.5 Å². The SMILES string of the molecule is NCc1cccc(CS(=O)(=O)N2CCC(O)C2)c1. The molecule has 0 saturated carbocycles. The smallest absolute Gasteiger partial charge is 0.218 e. The summed E-state index contributed by atoms with van der Waals surface area (Å²) in [5.41, 5.74) is 7.19. The van der Waals surface area contributed by atoms with Crippen LogP contribution in [0.2, 0.25) is 0 Å². The number of nitrogens with zero attached hydrogens (tertiary/aromatic N) is 1. The van der Waals surface area contributed by atoms with Gasteiger partial charge in [0, 0.05) is 19.6 Å². The highest BCUT2D eigenvalue weighted by Gasteiger charge is 2.30. The van der Waals surface area contributed by atoms with Crippen molar-refractivity contribution in [3.05, 3.63) is 35.4 Å². The van der Waals surface area contributed by atoms with E-state index in [1.165, 1.54) is 4.31 Å². The summed E-state index contributed by atoms with van der Waals surface area (Å²) < 4.78 is 25.6. The maximum atomic E-state index is 12.1. The molecule has 1 saturated heterocycles. The van der Waals surface area contributed by atoms with E-state index >= 15 is 0 Å². The molecule has 1 aliphatic heterocycles. The van der Waals surface area contributed by atoms with Gasteiger partial charge in [-0.25, -0.2) is 8.42 Å². The van der Waals surface area contributed by atoms with Crippen molar-refractivity contribution in [2.24, 2.45) is 5.73 Å². The Labute approximate surface area is 107 Å². The van der Waals surface area contributed by atoms with Crippen LogP contribution in [0.3, 0.4) is 0 Å². The van der Waals surface area contributed by atoms with Gasteiger partial charge in [0.25, 0.3) is 0 Å². The van der Waals surface area contributed by atoms with Crippen LogP contribution in [0.4, 0.5) is 0 Å². The fourth-order valence-corrected chi connectivity index (χ4v) is 3.68. The Morgan fingerprint density at radius 2 is 2.11 bits per heavy atom. The summed E-state index contributed by atoms with van der Waals surface area (Å²) in [6, 6.07) is 7.27. The Kier molecular flexibility index (Phi) is 4.01. The summed E-state index contributed by atoms with van der Waals surface area (Å²) in [6.45, 7) is 1.01. The van der Waals surface area contributed by atoms with Crippen molar-refractivity contribution < 1.29 is 13.5 Å². The zero-order chi connectivity index (χ0) is 13.2. The number of rotatable bonds is 4. The van der Waals surface area contributed by atoms with Crippen LogP contribution < -0.4 is 5.73 Å². The normalized spacial score (nSPS) is 21.3. The van der Waals surface area contributed by atoms with Crippen molar-refractivity contribution in [3.8, 4) is 0 Å². The van der Waals surface area contributed by atoms with Gasteiger partial charge in [-0.2, -0.15) is 4.31 Å². The van der Waals surface area contributed by atoms with E-state index in [0.29, 0.717) is 19.5 Å². The summed E-state index contributed by atoms with van der Waals surface area (Å²) in [6.07, 6.45) is -0.0163. The molecule has 5 nitrogen and oxygen atoms in total. The Morgan fingerprint density at radius 3 is 2.72 bits per heavy atom. The number of hydrogen-bond acceptors (Lipinski definition) is 4. The van der Waals surface area contributed by atoms with E-state index in [1.54, 1.807) is 6.07 Å². The molecule has 0 radical (unpaired) electrons. The third-order valence-corrected chi connectivity index (χ3v) is 4.91. The van der Waals surface area contributed by atoms with E-state index in [2.05, 4.69) is 0 Å². The molecule has 2 rings (SSSR count). The van der Waals surface area contributed by atoms with Crippen LogP contribution in [0.25, 0.3) is 0 Å². The number of hydrogen-bond donors (Lipinski definition) is 2. The van der Waals surface area contributed by atoms with E-state index in [4.69, 9.17) is 5.73 Å². The highest BCUT2D eigenvalue weighted by molar-refractivity contribution is 7.88. The summed E-state index contributed by atoms with van der Waals surface area (Å²) >= 11 is 0. The van der Waals surface area contributed by atoms with Gasteiger partial charge in [0.05, 0.1) is 11.9 Å². The zero-order valence-electron chi connectivity index (χ0n) is 10.1. The van der Waals surface area contributed by atoms with Crippen LogP contribution in [0.1, 0.15) is 17.5 Å². The molecule has 1 aromatic rings. The van der Waals surface area contributed by atoms with Crippen molar-refractivity contribution in [2.45, 2.75) is 24.8 Å². The molecular weight excluding hydrogens is 252 g/mol. The van der Waals surface area contributed by atoms with Crippen molar-refractivity contribution in [1.82, 2.24) is 4.31 Å². The predicted octanol–water partition coefficient (Wildman–Crippen LogP) is 0.0417. The van der Waals surface area contributed by atoms with Crippen molar-refractivity contribution >= 4 is 10.0 Å². The van der Waals surface area contributed by atoms with Crippen LogP contribution in [-0.2, 0) is 22.3 Å². The van der Waals surface area contributed by atoms with E-state index in [1.807, 2.05) is 18.2 Å². The minimum absolute atomic E-state index is 0.0342. The van der Waals surface area contributed by atoms with Crippen molar-refractivity contribution in [2.75, 3.05) is 13.1 Å². The number of sulfonamides is 1. The van der Waals surface area contributed by atoms with Gasteiger partial charge in [-0.15, -0.1) is 0 Å². The van der Waals surface area contributed by atoms with Gasteiger partial charge >= 0.3 is 0 Å². The standard InChI is InChI=1S/C12H18N2O3S/c13-7-10-2-1-3-11(6-10)9-18(16,17)14-5-4-12(15)8-14/h1-3,6,12,15H,4-5,7-9,13H2. The average Bonchev–Trinajstić information content (AvgIpc) is 2.76. The molecule has 0 spiro atoms. The average molecular weight is 270 g/mol. The molecule has 1 aromatic carbocycles. The first-order valence-corrected chi connectivity index (χ1v) is 7.56. The molecule has 3 N–H and O–H groups in total. The topological polar surface area (TPSA) is 83.6 Å². The molecule has 6 heteroatoms. The minimum Gasteiger partial charge on any atom is -0.392 e. The Hall–Kier alpha value is -0.950. The summed E-state index contributed by atoms with van der Waals surface area (Å²) in [5, 5.41) is 9.39. The molecule has 1 atom stereocenters. The Balaban J connectivity index is 2.12. The number of benzene rings is 1. The molecule has 0 amide bonds. The molecular formula is C12H18N2O3S. The quantitative estimate of drug-likeness (QED) is 0.809. The second-order valence-corrected chi connectivity index (χ2v) is 6.55. The van der Waals surface area contributed by atoms with Gasteiger partial charge in [0.15, 0.2) is 0 Å². The maximum Gasteiger partial charge on any atom is 0.218 e. The molecule has 0 aromatic heterocycles. The molecule has 18 heavy (non-hydrogen) atoms. The number of β-amino-alcohol motifs (C(OH)–C–C–N with tert-alkyl or cyclic N) is 1. The Morgan fingerprint density at radius 1 is 1.39 bits per heavy atom. The van der Waals surface area contributed by atoms with Crippen LogP contribution in [0.15, 0.2) is 24.3 Å². The molecule has 1 aliphatic rings. The first kappa shape index (κ1) is 13.5. The van der Waals surface area contributed by atoms with Gasteiger partial charge in [-0.3, -0.25) is 0 Å². The monoisotopic (exact) mass is 270 g/mol. The highest BCUT2D eigenvalue weighted by atomic mass is 32.2. The van der Waals surface area contributed by atoms with Crippen molar-refractivity contribution in [3.63, 3.8) is 0 Å². The summed E-state index contributed by atoms with van der Waals surface area (Å²) in [4.78, 5) is 0. The van der Waals surface area contributed by atoms with Crippen LogP contribution in [0, 0.1) is 0 Å². The van der Waals surface area contributed by atoms with Crippen LogP contribution in [-0.4, -0.2) is 37.0 Å². The number of aliphatic hydroxyl groups is 1. The molecule has 1 fully saturated rings. The van der Waals surface area contributed by atoms with Crippen LogP contribution >= 0.6 is 0 Å². The van der Waals surface area contributed by atoms with Gasteiger partial charge in [0.1, 0.15) is 0 Å². The highest BCUT2D eigenvalue weighted by Crippen LogP contribution is 2.18. The Bertz CT molecular complexity index is 516. The van der Waals surface area contributed by atoms with Crippen LogP contribution in [0.5, 0.6) is 0 Å². The lowest BCUT2D eigenvalue weighted by atomic mass is 10.1. The molecule has 100 valence electrons. The second-order valence-electron chi connectivity index (χ2n) is 4.58. The minimum atomic E-state index is -3.34. The third kappa shape index (κ3) is 3.08. The second kappa shape index (κ2) is 5.36. The van der Waals surface area contributed by atoms with E-state index in [0.717, 1.165) is 11.1 Å². The summed E-state index contributed by atoms with van der Waals surface area (Å²) in [5.74, 6) is -0.0342. The predicted molar refractivity (Wildman–Crippen MR) is 69.2 cm³/mol. The molecule has 1 heterocycles. The van der Waals surface area contributed by atoms with E-state index < -0.39 is 16.1 Å². The van der Waals surface area contributed by atoms with Gasteiger partial charge in [0.2, 0.25) is 10.0 Å². The number of aliphatic hydroxyl groups excluding tert-OH is 1. The first-order valence-electron chi connectivity index (χ1n) is 5.95. The lowest BCUT2D eigenvalue weighted by molar-refractivity contribution is 0.189. The first-order chi connectivity index (χ1) is 8.51. The molecule has 0 bridgehead atoms. The van der Waals surface area contributed by atoms with Crippen molar-refractivity contribution in [1.29, 1.82) is 0 Å². The fraction of sp³-hybridized carbons (Fsp3) is 0.500.